The Morgan fingerprint density at radius 3 is 2.42 bits per heavy atom. The van der Waals surface area contributed by atoms with Crippen molar-refractivity contribution in [2.75, 3.05) is 12.0 Å². The number of methoxy groups -OCH3 is 1. The van der Waals surface area contributed by atoms with Gasteiger partial charge in [0.25, 0.3) is 11.7 Å². The van der Waals surface area contributed by atoms with Gasteiger partial charge in [0.2, 0.25) is 0 Å². The molecule has 1 aliphatic rings. The number of amides is 1. The van der Waals surface area contributed by atoms with Gasteiger partial charge in [0.1, 0.15) is 34.9 Å². The molecule has 6 nitrogen and oxygen atoms in total. The number of ketones is 1. The molecule has 0 spiro atoms. The van der Waals surface area contributed by atoms with Gasteiger partial charge in [-0.3, -0.25) is 14.5 Å². The minimum Gasteiger partial charge on any atom is -0.507 e. The number of carbonyl (C=O) groups is 2. The Kier molecular flexibility index (Phi) is 5.95. The van der Waals surface area contributed by atoms with Crippen LogP contribution in [0, 0.1) is 19.7 Å². The first-order chi connectivity index (χ1) is 15.6. The number of furan rings is 1. The van der Waals surface area contributed by atoms with Crippen LogP contribution in [-0.4, -0.2) is 23.9 Å². The smallest absolute Gasteiger partial charge is 0.300 e. The molecule has 170 valence electrons. The average Bonchev–Trinajstić information content (AvgIpc) is 3.30. The zero-order valence-electron chi connectivity index (χ0n) is 17.8. The second-order valence-electron chi connectivity index (χ2n) is 7.54. The van der Waals surface area contributed by atoms with Crippen LogP contribution in [0.2, 0.25) is 10.0 Å². The highest BCUT2D eigenvalue weighted by Gasteiger charge is 2.48. The molecular weight excluding hydrogens is 472 g/mol. The lowest BCUT2D eigenvalue weighted by molar-refractivity contribution is -0.132. The first-order valence-electron chi connectivity index (χ1n) is 9.81. The maximum Gasteiger partial charge on any atom is 0.300 e. The van der Waals surface area contributed by atoms with E-state index in [4.69, 9.17) is 32.4 Å². The fraction of sp³-hybridized carbons (Fsp3) is 0.167. The van der Waals surface area contributed by atoms with Crippen molar-refractivity contribution in [3.05, 3.63) is 86.5 Å². The predicted molar refractivity (Wildman–Crippen MR) is 122 cm³/mol. The van der Waals surface area contributed by atoms with Gasteiger partial charge in [-0.25, -0.2) is 4.39 Å². The number of nitrogens with zero attached hydrogens (tertiary/aromatic N) is 1. The molecule has 2 aromatic carbocycles. The van der Waals surface area contributed by atoms with Crippen LogP contribution in [0.15, 0.2) is 52.5 Å². The second-order valence-corrected chi connectivity index (χ2v) is 8.36. The topological polar surface area (TPSA) is 80.0 Å². The zero-order valence-corrected chi connectivity index (χ0v) is 19.3. The van der Waals surface area contributed by atoms with Gasteiger partial charge in [0.05, 0.1) is 28.3 Å². The van der Waals surface area contributed by atoms with Gasteiger partial charge in [0, 0.05) is 5.69 Å². The summed E-state index contributed by atoms with van der Waals surface area (Å²) in [6.45, 7) is 3.46. The van der Waals surface area contributed by atoms with E-state index in [9.17, 15) is 19.1 Å². The van der Waals surface area contributed by atoms with E-state index in [1.165, 1.54) is 19.2 Å². The number of anilines is 1. The third-order valence-corrected chi connectivity index (χ3v) is 5.87. The fourth-order valence-electron chi connectivity index (χ4n) is 3.86. The number of hydrogen-bond donors (Lipinski definition) is 1. The van der Waals surface area contributed by atoms with E-state index >= 15 is 0 Å². The van der Waals surface area contributed by atoms with Crippen molar-refractivity contribution in [1.29, 1.82) is 0 Å². The molecule has 33 heavy (non-hydrogen) atoms. The molecule has 0 saturated carbocycles. The largest absolute Gasteiger partial charge is 0.507 e. The number of benzene rings is 2. The monoisotopic (exact) mass is 489 g/mol. The molecule has 1 atom stereocenters. The van der Waals surface area contributed by atoms with Crippen molar-refractivity contribution in [2.24, 2.45) is 0 Å². The normalized spacial score (nSPS) is 17.6. The Labute approximate surface area is 198 Å². The Morgan fingerprint density at radius 2 is 1.82 bits per heavy atom. The van der Waals surface area contributed by atoms with Crippen LogP contribution >= 0.6 is 23.2 Å². The molecule has 1 N–H and O–H groups in total. The molecule has 2 heterocycles. The number of aliphatic hydroxyl groups is 1. The van der Waals surface area contributed by atoms with Gasteiger partial charge in [-0.1, -0.05) is 23.2 Å². The summed E-state index contributed by atoms with van der Waals surface area (Å²) in [4.78, 5) is 27.4. The van der Waals surface area contributed by atoms with E-state index in [1.54, 1.807) is 38.1 Å². The summed E-state index contributed by atoms with van der Waals surface area (Å²) in [5, 5.41) is 11.3. The summed E-state index contributed by atoms with van der Waals surface area (Å²) >= 11 is 12.2. The first-order valence-corrected chi connectivity index (χ1v) is 10.6. The molecule has 1 aliphatic heterocycles. The summed E-state index contributed by atoms with van der Waals surface area (Å²) in [5.74, 6) is -2.14. The molecule has 9 heteroatoms. The summed E-state index contributed by atoms with van der Waals surface area (Å²) < 4.78 is 24.8. The summed E-state index contributed by atoms with van der Waals surface area (Å²) in [6.07, 6.45) is 0. The number of ether oxygens (including phenoxy) is 1. The van der Waals surface area contributed by atoms with E-state index in [1.807, 2.05) is 0 Å². The Hall–Kier alpha value is -3.29. The van der Waals surface area contributed by atoms with Crippen molar-refractivity contribution in [2.45, 2.75) is 19.9 Å². The highest BCUT2D eigenvalue weighted by Crippen LogP contribution is 2.45. The minimum atomic E-state index is -1.13. The summed E-state index contributed by atoms with van der Waals surface area (Å²) in [5.41, 5.74) is 0.781. The van der Waals surface area contributed by atoms with Crippen molar-refractivity contribution in [3.8, 4) is 5.75 Å². The number of hydrogen-bond acceptors (Lipinski definition) is 5. The number of aliphatic hydroxyl groups excluding tert-OH is 1. The third kappa shape index (κ3) is 3.87. The van der Waals surface area contributed by atoms with Crippen molar-refractivity contribution < 1.29 is 28.2 Å². The second kappa shape index (κ2) is 8.57. The molecule has 1 fully saturated rings. The van der Waals surface area contributed by atoms with Crippen LogP contribution in [0.5, 0.6) is 5.75 Å². The van der Waals surface area contributed by atoms with Crippen molar-refractivity contribution in [1.82, 2.24) is 0 Å². The molecule has 0 radical (unpaired) electrons. The highest BCUT2D eigenvalue weighted by atomic mass is 35.5. The van der Waals surface area contributed by atoms with Gasteiger partial charge in [-0.15, -0.1) is 0 Å². The Balaban J connectivity index is 2.00. The van der Waals surface area contributed by atoms with Crippen LogP contribution < -0.4 is 9.64 Å². The van der Waals surface area contributed by atoms with Crippen molar-refractivity contribution in [3.63, 3.8) is 0 Å². The van der Waals surface area contributed by atoms with Crippen LogP contribution in [0.4, 0.5) is 10.1 Å². The fourth-order valence-corrected chi connectivity index (χ4v) is 4.39. The van der Waals surface area contributed by atoms with E-state index in [0.29, 0.717) is 11.3 Å². The number of rotatable bonds is 4. The van der Waals surface area contributed by atoms with Crippen LogP contribution in [0.3, 0.4) is 0 Å². The molecule has 0 aliphatic carbocycles. The van der Waals surface area contributed by atoms with Gasteiger partial charge < -0.3 is 14.3 Å². The van der Waals surface area contributed by atoms with E-state index in [2.05, 4.69) is 0 Å². The van der Waals surface area contributed by atoms with E-state index in [0.717, 1.165) is 11.0 Å². The molecule has 3 aromatic rings. The number of aryl methyl sites for hydroxylation is 2. The standard InChI is InChI=1S/C24H18Cl2FNO5/c1-11-8-14(23(32-3)16(26)9-11)21(29)19-20(18-7-4-12(2)33-18)28(24(31)22(19)30)13-5-6-17(27)15(25)10-13/h4-10,20,29H,1-3H3/b21-19+. The lowest BCUT2D eigenvalue weighted by atomic mass is 9.97. The van der Waals surface area contributed by atoms with Gasteiger partial charge in [-0.05, 0) is 61.9 Å². The van der Waals surface area contributed by atoms with Crippen LogP contribution in [-0.2, 0) is 9.59 Å². The predicted octanol–water partition coefficient (Wildman–Crippen LogP) is 5.98. The quantitative estimate of drug-likeness (QED) is 0.277. The molecular formula is C24H18Cl2FNO5. The third-order valence-electron chi connectivity index (χ3n) is 5.30. The summed E-state index contributed by atoms with van der Waals surface area (Å²) in [7, 11) is 1.37. The highest BCUT2D eigenvalue weighted by molar-refractivity contribution is 6.52. The first kappa shape index (κ1) is 22.9. The van der Waals surface area contributed by atoms with Gasteiger partial charge in [0.15, 0.2) is 0 Å². The molecule has 1 aromatic heterocycles. The molecule has 1 saturated heterocycles. The van der Waals surface area contributed by atoms with E-state index < -0.39 is 29.3 Å². The Morgan fingerprint density at radius 1 is 1.09 bits per heavy atom. The average molecular weight is 490 g/mol. The molecule has 1 amide bonds. The lowest BCUT2D eigenvalue weighted by Crippen LogP contribution is -2.29. The SMILES string of the molecule is COc1c(Cl)cc(C)cc1/C(O)=C1\C(=O)C(=O)N(c2ccc(F)c(Cl)c2)C1c1ccc(C)o1. The zero-order chi connectivity index (χ0) is 24.0. The molecule has 4 rings (SSSR count). The van der Waals surface area contributed by atoms with Crippen LogP contribution in [0.25, 0.3) is 5.76 Å². The molecule has 1 unspecified atom stereocenters. The molecule has 0 bridgehead atoms. The van der Waals surface area contributed by atoms with E-state index in [-0.39, 0.29) is 38.4 Å². The number of carbonyl (C=O) groups excluding carboxylic acids is 2. The van der Waals surface area contributed by atoms with Crippen LogP contribution in [0.1, 0.15) is 28.7 Å². The maximum absolute atomic E-state index is 13.8. The lowest BCUT2D eigenvalue weighted by Gasteiger charge is -2.24. The van der Waals surface area contributed by atoms with Crippen molar-refractivity contribution >= 4 is 46.3 Å². The maximum atomic E-state index is 13.8. The van der Waals surface area contributed by atoms with Gasteiger partial charge >= 0.3 is 0 Å². The Bertz CT molecular complexity index is 1330. The number of Topliss-reactive ketones (excluding diaryl/α,β-unsaturated/α-hetero) is 1. The summed E-state index contributed by atoms with van der Waals surface area (Å²) in [6, 6.07) is 8.99. The number of halogens is 3. The van der Waals surface area contributed by atoms with Gasteiger partial charge in [-0.2, -0.15) is 0 Å². The minimum absolute atomic E-state index is 0.144.